The fourth-order valence-corrected chi connectivity index (χ4v) is 2.12. The van der Waals surface area contributed by atoms with Crippen LogP contribution in [0.5, 0.6) is 11.5 Å². The van der Waals surface area contributed by atoms with Gasteiger partial charge in [0.15, 0.2) is 11.5 Å². The van der Waals surface area contributed by atoms with E-state index in [1.807, 2.05) is 12.1 Å². The zero-order valence-corrected chi connectivity index (χ0v) is 11.6. The summed E-state index contributed by atoms with van der Waals surface area (Å²) in [6, 6.07) is 6.02. The first kappa shape index (κ1) is 13.3. The van der Waals surface area contributed by atoms with Crippen LogP contribution in [0, 0.1) is 0 Å². The van der Waals surface area contributed by atoms with E-state index in [0.717, 1.165) is 29.9 Å². The van der Waals surface area contributed by atoms with E-state index < -0.39 is 0 Å². The van der Waals surface area contributed by atoms with Crippen molar-refractivity contribution in [2.45, 2.75) is 6.54 Å². The monoisotopic (exact) mass is 287 g/mol. The topological polar surface area (TPSA) is 21.7 Å². The van der Waals surface area contributed by atoms with Crippen LogP contribution in [-0.4, -0.2) is 38.0 Å². The van der Waals surface area contributed by atoms with Crippen LogP contribution >= 0.6 is 15.9 Å². The molecule has 1 aromatic rings. The molecule has 0 aliphatic carbocycles. The smallest absolute Gasteiger partial charge is 0.161 e. The molecular weight excluding hydrogens is 270 g/mol. The van der Waals surface area contributed by atoms with Crippen LogP contribution in [0.25, 0.3) is 0 Å². The van der Waals surface area contributed by atoms with Crippen LogP contribution in [0.3, 0.4) is 0 Å². The predicted molar refractivity (Wildman–Crippen MR) is 69.7 cm³/mol. The maximum atomic E-state index is 5.27. The van der Waals surface area contributed by atoms with E-state index in [1.165, 1.54) is 5.56 Å². The molecule has 0 heterocycles. The first-order valence-corrected chi connectivity index (χ1v) is 6.28. The molecule has 0 radical (unpaired) electrons. The molecule has 0 amide bonds. The van der Waals surface area contributed by atoms with Crippen LogP contribution < -0.4 is 9.47 Å². The lowest BCUT2D eigenvalue weighted by Gasteiger charge is -2.16. The van der Waals surface area contributed by atoms with Gasteiger partial charge in [-0.25, -0.2) is 0 Å². The lowest BCUT2D eigenvalue weighted by atomic mass is 10.2. The van der Waals surface area contributed by atoms with Crippen molar-refractivity contribution >= 4 is 15.9 Å². The van der Waals surface area contributed by atoms with Crippen LogP contribution in [0.1, 0.15) is 5.56 Å². The zero-order chi connectivity index (χ0) is 12.0. The highest BCUT2D eigenvalue weighted by Crippen LogP contribution is 2.27. The number of benzene rings is 1. The molecule has 4 heteroatoms. The van der Waals surface area contributed by atoms with Crippen molar-refractivity contribution in [2.75, 3.05) is 33.1 Å². The molecule has 90 valence electrons. The Morgan fingerprint density at radius 3 is 2.44 bits per heavy atom. The Bertz CT molecular complexity index is 331. The van der Waals surface area contributed by atoms with Gasteiger partial charge in [-0.1, -0.05) is 22.0 Å². The van der Waals surface area contributed by atoms with Gasteiger partial charge in [-0.05, 0) is 24.7 Å². The number of ether oxygens (including phenoxy) is 2. The van der Waals surface area contributed by atoms with Gasteiger partial charge in [0.1, 0.15) is 0 Å². The number of methoxy groups -OCH3 is 2. The Morgan fingerprint density at radius 1 is 1.19 bits per heavy atom. The van der Waals surface area contributed by atoms with Gasteiger partial charge >= 0.3 is 0 Å². The third-order valence-electron chi connectivity index (χ3n) is 2.37. The highest BCUT2D eigenvalue weighted by atomic mass is 79.9. The molecule has 0 aliphatic heterocycles. The third kappa shape index (κ3) is 3.68. The molecule has 0 aliphatic rings. The summed E-state index contributed by atoms with van der Waals surface area (Å²) in [6.07, 6.45) is 0. The lowest BCUT2D eigenvalue weighted by molar-refractivity contribution is 0.341. The minimum Gasteiger partial charge on any atom is -0.493 e. The molecule has 0 aromatic heterocycles. The molecule has 0 saturated heterocycles. The van der Waals surface area contributed by atoms with Crippen LogP contribution in [0.4, 0.5) is 0 Å². The summed E-state index contributed by atoms with van der Waals surface area (Å²) < 4.78 is 10.5. The van der Waals surface area contributed by atoms with Gasteiger partial charge in [0.2, 0.25) is 0 Å². The second kappa shape index (κ2) is 6.76. The van der Waals surface area contributed by atoms with Crippen molar-refractivity contribution in [3.63, 3.8) is 0 Å². The first-order chi connectivity index (χ1) is 7.71. The largest absolute Gasteiger partial charge is 0.493 e. The highest BCUT2D eigenvalue weighted by Gasteiger charge is 2.06. The maximum Gasteiger partial charge on any atom is 0.161 e. The quantitative estimate of drug-likeness (QED) is 0.751. The second-order valence-corrected chi connectivity index (χ2v) is 4.41. The highest BCUT2D eigenvalue weighted by molar-refractivity contribution is 9.09. The standard InChI is InChI=1S/C12H18BrNO2/c1-14(7-6-13)9-10-4-5-11(15-2)12(8-10)16-3/h4-5,8H,6-7,9H2,1-3H3. The molecule has 16 heavy (non-hydrogen) atoms. The Morgan fingerprint density at radius 2 is 1.88 bits per heavy atom. The summed E-state index contributed by atoms with van der Waals surface area (Å²) in [6.45, 7) is 1.93. The minimum absolute atomic E-state index is 0.773. The second-order valence-electron chi connectivity index (χ2n) is 3.62. The van der Waals surface area contributed by atoms with E-state index in [0.29, 0.717) is 0 Å². The van der Waals surface area contributed by atoms with E-state index in [1.54, 1.807) is 14.2 Å². The molecule has 3 nitrogen and oxygen atoms in total. The molecule has 0 saturated carbocycles. The summed E-state index contributed by atoms with van der Waals surface area (Å²) in [7, 11) is 5.40. The van der Waals surface area contributed by atoms with Crippen molar-refractivity contribution in [1.29, 1.82) is 0 Å². The molecule has 1 rings (SSSR count). The molecule has 1 aromatic carbocycles. The van der Waals surface area contributed by atoms with E-state index in [9.17, 15) is 0 Å². The molecular formula is C12H18BrNO2. The number of hydrogen-bond acceptors (Lipinski definition) is 3. The summed E-state index contributed by atoms with van der Waals surface area (Å²) in [5, 5.41) is 0.983. The van der Waals surface area contributed by atoms with Crippen LogP contribution in [0.2, 0.25) is 0 Å². The molecule has 0 bridgehead atoms. The van der Waals surface area contributed by atoms with Gasteiger partial charge in [-0.2, -0.15) is 0 Å². The number of rotatable bonds is 6. The van der Waals surface area contributed by atoms with E-state index >= 15 is 0 Å². The zero-order valence-electron chi connectivity index (χ0n) is 10.00. The van der Waals surface area contributed by atoms with Crippen LogP contribution in [-0.2, 0) is 6.54 Å². The van der Waals surface area contributed by atoms with Crippen molar-refractivity contribution in [1.82, 2.24) is 4.90 Å². The summed E-state index contributed by atoms with van der Waals surface area (Å²) >= 11 is 3.43. The normalized spacial score (nSPS) is 10.6. The SMILES string of the molecule is COc1ccc(CN(C)CCBr)cc1OC. The summed E-state index contributed by atoms with van der Waals surface area (Å²) in [5.74, 6) is 1.56. The molecule has 0 spiro atoms. The molecule has 0 atom stereocenters. The average molecular weight is 288 g/mol. The first-order valence-electron chi connectivity index (χ1n) is 5.16. The summed E-state index contributed by atoms with van der Waals surface area (Å²) in [5.41, 5.74) is 1.22. The van der Waals surface area contributed by atoms with Gasteiger partial charge in [0.25, 0.3) is 0 Å². The summed E-state index contributed by atoms with van der Waals surface area (Å²) in [4.78, 5) is 2.25. The van der Waals surface area contributed by atoms with Crippen molar-refractivity contribution in [3.8, 4) is 11.5 Å². The van der Waals surface area contributed by atoms with Gasteiger partial charge < -0.3 is 14.4 Å². The predicted octanol–water partition coefficient (Wildman–Crippen LogP) is 2.53. The average Bonchev–Trinajstić information content (AvgIpc) is 2.29. The third-order valence-corrected chi connectivity index (χ3v) is 2.72. The molecule has 0 fully saturated rings. The molecule has 0 unspecified atom stereocenters. The lowest BCUT2D eigenvalue weighted by Crippen LogP contribution is -2.19. The number of hydrogen-bond donors (Lipinski definition) is 0. The Hall–Kier alpha value is -0.740. The number of nitrogens with zero attached hydrogens (tertiary/aromatic N) is 1. The number of halogens is 1. The van der Waals surface area contributed by atoms with Crippen molar-refractivity contribution < 1.29 is 9.47 Å². The fraction of sp³-hybridized carbons (Fsp3) is 0.500. The van der Waals surface area contributed by atoms with Gasteiger partial charge in [0.05, 0.1) is 14.2 Å². The number of alkyl halides is 1. The Labute approximate surface area is 105 Å². The van der Waals surface area contributed by atoms with Gasteiger partial charge in [-0.3, -0.25) is 0 Å². The van der Waals surface area contributed by atoms with Crippen molar-refractivity contribution in [3.05, 3.63) is 23.8 Å². The van der Waals surface area contributed by atoms with Crippen LogP contribution in [0.15, 0.2) is 18.2 Å². The van der Waals surface area contributed by atoms with E-state index in [4.69, 9.17) is 9.47 Å². The maximum absolute atomic E-state index is 5.27. The van der Waals surface area contributed by atoms with Gasteiger partial charge in [-0.15, -0.1) is 0 Å². The molecule has 0 N–H and O–H groups in total. The van der Waals surface area contributed by atoms with E-state index in [-0.39, 0.29) is 0 Å². The van der Waals surface area contributed by atoms with E-state index in [2.05, 4.69) is 33.9 Å². The minimum atomic E-state index is 0.773. The fourth-order valence-electron chi connectivity index (χ4n) is 1.51. The Kier molecular flexibility index (Phi) is 5.63. The van der Waals surface area contributed by atoms with Gasteiger partial charge in [0, 0.05) is 18.4 Å². The Balaban J connectivity index is 2.74. The van der Waals surface area contributed by atoms with Crippen molar-refractivity contribution in [2.24, 2.45) is 0 Å².